The molecule has 0 amide bonds. The molecular formula is C27H42N2OS. The van der Waals surface area contributed by atoms with Gasteiger partial charge in [0.15, 0.2) is 0 Å². The van der Waals surface area contributed by atoms with Crippen LogP contribution in [-0.4, -0.2) is 18.6 Å². The molecule has 31 heavy (non-hydrogen) atoms. The molecule has 0 atom stereocenters. The first kappa shape index (κ1) is 27.0. The molecular weight excluding hydrogens is 400 g/mol. The van der Waals surface area contributed by atoms with E-state index in [0.717, 1.165) is 38.6 Å². The molecule has 2 aromatic carbocycles. The standard InChI is InChI=1S/C23H30N2OS.2C2H6/c1-22(2,3)14-23(4,5)15-26-18-11-12-19-20(13-18)27-21(25-19)16-7-9-17(24-6)10-8-16;2*1-2/h7-13,24H,14-15H2,1-6H3;2*1-2H3. The lowest BCUT2D eigenvalue weighted by Gasteiger charge is -2.32. The maximum atomic E-state index is 6.14. The van der Waals surface area contributed by atoms with Crippen LogP contribution in [0, 0.1) is 10.8 Å². The number of ether oxygens (including phenoxy) is 1. The molecule has 0 aliphatic heterocycles. The molecule has 0 fully saturated rings. The number of nitrogens with one attached hydrogen (secondary N) is 1. The molecule has 0 saturated heterocycles. The van der Waals surface area contributed by atoms with Crippen LogP contribution >= 0.6 is 11.3 Å². The summed E-state index contributed by atoms with van der Waals surface area (Å²) in [6.45, 7) is 20.1. The Bertz CT molecular complexity index is 905. The van der Waals surface area contributed by atoms with Gasteiger partial charge in [-0.3, -0.25) is 0 Å². The second kappa shape index (κ2) is 12.1. The molecule has 1 aromatic heterocycles. The maximum absolute atomic E-state index is 6.14. The highest BCUT2D eigenvalue weighted by Gasteiger charge is 2.26. The van der Waals surface area contributed by atoms with Crippen molar-refractivity contribution in [2.45, 2.75) is 68.7 Å². The van der Waals surface area contributed by atoms with Crippen LogP contribution < -0.4 is 10.1 Å². The Morgan fingerprint density at radius 1 is 0.903 bits per heavy atom. The SMILES string of the molecule is CC.CC.CNc1ccc(-c2nc3ccc(OCC(C)(C)CC(C)(C)C)cc3s2)cc1. The van der Waals surface area contributed by atoms with Crippen LogP contribution in [0.25, 0.3) is 20.8 Å². The summed E-state index contributed by atoms with van der Waals surface area (Å²) in [5.41, 5.74) is 3.71. The molecule has 0 spiro atoms. The number of hydrogen-bond acceptors (Lipinski definition) is 4. The van der Waals surface area contributed by atoms with E-state index in [2.05, 4.69) is 76.3 Å². The lowest BCUT2D eigenvalue weighted by Crippen LogP contribution is -2.27. The van der Waals surface area contributed by atoms with Crippen molar-refractivity contribution >= 4 is 27.2 Å². The molecule has 1 N–H and O–H groups in total. The lowest BCUT2D eigenvalue weighted by atomic mass is 9.77. The molecule has 3 nitrogen and oxygen atoms in total. The van der Waals surface area contributed by atoms with Gasteiger partial charge >= 0.3 is 0 Å². The fourth-order valence-corrected chi connectivity index (χ4v) is 4.66. The van der Waals surface area contributed by atoms with Gasteiger partial charge < -0.3 is 10.1 Å². The van der Waals surface area contributed by atoms with Gasteiger partial charge in [-0.15, -0.1) is 11.3 Å². The first-order valence-corrected chi connectivity index (χ1v) is 12.3. The van der Waals surface area contributed by atoms with E-state index in [9.17, 15) is 0 Å². The minimum absolute atomic E-state index is 0.140. The Labute approximate surface area is 194 Å². The van der Waals surface area contributed by atoms with E-state index in [1.165, 1.54) is 0 Å². The summed E-state index contributed by atoms with van der Waals surface area (Å²) < 4.78 is 7.30. The Hall–Kier alpha value is -2.07. The van der Waals surface area contributed by atoms with Crippen molar-refractivity contribution < 1.29 is 4.74 Å². The van der Waals surface area contributed by atoms with E-state index >= 15 is 0 Å². The zero-order valence-electron chi connectivity index (χ0n) is 21.2. The quantitative estimate of drug-likeness (QED) is 0.414. The number of benzene rings is 2. The Kier molecular flexibility index (Phi) is 10.5. The van der Waals surface area contributed by atoms with Gasteiger partial charge in [0.25, 0.3) is 0 Å². The molecule has 0 unspecified atom stereocenters. The van der Waals surface area contributed by atoms with E-state index in [4.69, 9.17) is 9.72 Å². The Morgan fingerprint density at radius 2 is 1.52 bits per heavy atom. The molecule has 172 valence electrons. The van der Waals surface area contributed by atoms with E-state index in [1.807, 2.05) is 40.8 Å². The molecule has 1 heterocycles. The monoisotopic (exact) mass is 442 g/mol. The van der Waals surface area contributed by atoms with E-state index < -0.39 is 0 Å². The molecule has 3 rings (SSSR count). The van der Waals surface area contributed by atoms with Gasteiger partial charge in [-0.1, -0.05) is 62.3 Å². The minimum Gasteiger partial charge on any atom is -0.493 e. The number of nitrogens with zero attached hydrogens (tertiary/aromatic N) is 1. The molecule has 0 aliphatic carbocycles. The first-order chi connectivity index (χ1) is 14.6. The normalized spacial score (nSPS) is 11.2. The highest BCUT2D eigenvalue weighted by Crippen LogP contribution is 2.35. The van der Waals surface area contributed by atoms with Gasteiger partial charge in [-0.2, -0.15) is 0 Å². The number of hydrogen-bond donors (Lipinski definition) is 1. The second-order valence-electron chi connectivity index (χ2n) is 9.17. The van der Waals surface area contributed by atoms with Crippen LogP contribution in [0.3, 0.4) is 0 Å². The molecule has 0 radical (unpaired) electrons. The molecule has 0 bridgehead atoms. The van der Waals surface area contributed by atoms with Gasteiger partial charge in [-0.25, -0.2) is 4.98 Å². The number of thiazole rings is 1. The summed E-state index contributed by atoms with van der Waals surface area (Å²) in [4.78, 5) is 4.78. The number of fused-ring (bicyclic) bond motifs is 1. The minimum atomic E-state index is 0.140. The largest absolute Gasteiger partial charge is 0.493 e. The van der Waals surface area contributed by atoms with E-state index in [1.54, 1.807) is 11.3 Å². The van der Waals surface area contributed by atoms with Crippen molar-refractivity contribution in [3.63, 3.8) is 0 Å². The summed E-state index contributed by atoms with van der Waals surface area (Å²) in [6.07, 6.45) is 1.12. The van der Waals surface area contributed by atoms with Crippen molar-refractivity contribution in [3.05, 3.63) is 42.5 Å². The molecule has 0 saturated carbocycles. The zero-order chi connectivity index (χ0) is 23.7. The van der Waals surface area contributed by atoms with Gasteiger partial charge in [0.1, 0.15) is 10.8 Å². The maximum Gasteiger partial charge on any atom is 0.124 e. The van der Waals surface area contributed by atoms with Gasteiger partial charge in [0.2, 0.25) is 0 Å². The highest BCUT2D eigenvalue weighted by atomic mass is 32.1. The van der Waals surface area contributed by atoms with E-state index in [0.29, 0.717) is 12.0 Å². The van der Waals surface area contributed by atoms with Crippen LogP contribution in [0.4, 0.5) is 5.69 Å². The molecule has 3 aromatic rings. The van der Waals surface area contributed by atoms with Gasteiger partial charge in [0, 0.05) is 18.3 Å². The fraction of sp³-hybridized carbons (Fsp3) is 0.519. The lowest BCUT2D eigenvalue weighted by molar-refractivity contribution is 0.125. The van der Waals surface area contributed by atoms with Crippen LogP contribution in [0.15, 0.2) is 42.5 Å². The topological polar surface area (TPSA) is 34.2 Å². The smallest absolute Gasteiger partial charge is 0.124 e. The fourth-order valence-electron chi connectivity index (χ4n) is 3.66. The van der Waals surface area contributed by atoms with Crippen molar-refractivity contribution in [1.29, 1.82) is 0 Å². The van der Waals surface area contributed by atoms with Crippen molar-refractivity contribution in [2.75, 3.05) is 19.0 Å². The molecule has 4 heteroatoms. The third kappa shape index (κ3) is 8.53. The summed E-state index contributed by atoms with van der Waals surface area (Å²) in [7, 11) is 1.93. The predicted octanol–water partition coefficient (Wildman–Crippen LogP) is 8.90. The third-order valence-electron chi connectivity index (χ3n) is 4.42. The van der Waals surface area contributed by atoms with Gasteiger partial charge in [0.05, 0.1) is 16.8 Å². The molecule has 0 aliphatic rings. The second-order valence-corrected chi connectivity index (χ2v) is 10.2. The van der Waals surface area contributed by atoms with Crippen LogP contribution in [0.2, 0.25) is 0 Å². The number of rotatable bonds is 6. The van der Waals surface area contributed by atoms with Crippen LogP contribution in [0.1, 0.15) is 68.7 Å². The Morgan fingerprint density at radius 3 is 2.06 bits per heavy atom. The van der Waals surface area contributed by atoms with Gasteiger partial charge in [-0.05, 0) is 59.7 Å². The number of aromatic nitrogens is 1. The third-order valence-corrected chi connectivity index (χ3v) is 5.49. The average Bonchev–Trinajstić information content (AvgIpc) is 3.17. The summed E-state index contributed by atoms with van der Waals surface area (Å²) >= 11 is 1.71. The first-order valence-electron chi connectivity index (χ1n) is 11.5. The van der Waals surface area contributed by atoms with Crippen molar-refractivity contribution in [3.8, 4) is 16.3 Å². The van der Waals surface area contributed by atoms with Crippen LogP contribution in [-0.2, 0) is 0 Å². The summed E-state index contributed by atoms with van der Waals surface area (Å²) in [5, 5.41) is 4.19. The van der Waals surface area contributed by atoms with Crippen molar-refractivity contribution in [1.82, 2.24) is 4.98 Å². The summed E-state index contributed by atoms with van der Waals surface area (Å²) in [5.74, 6) is 0.921. The van der Waals surface area contributed by atoms with E-state index in [-0.39, 0.29) is 5.41 Å². The van der Waals surface area contributed by atoms with Crippen LogP contribution in [0.5, 0.6) is 5.75 Å². The zero-order valence-corrected chi connectivity index (χ0v) is 22.0. The Balaban J connectivity index is 0.00000113. The summed E-state index contributed by atoms with van der Waals surface area (Å²) in [6, 6.07) is 14.6. The number of anilines is 1. The van der Waals surface area contributed by atoms with Crippen molar-refractivity contribution in [2.24, 2.45) is 10.8 Å². The predicted molar refractivity (Wildman–Crippen MR) is 141 cm³/mol. The highest BCUT2D eigenvalue weighted by molar-refractivity contribution is 7.21. The average molecular weight is 443 g/mol.